The summed E-state index contributed by atoms with van der Waals surface area (Å²) in [6, 6.07) is 6.59. The molecule has 0 radical (unpaired) electrons. The SMILES string of the molecule is CS(=O)(=O)c1cc(C2CCOC2)ccc1Nc1cc(Cl)nc2c1nc(C(F)F)n2C1CCCCO1. The highest BCUT2D eigenvalue weighted by molar-refractivity contribution is 7.90. The van der Waals surface area contributed by atoms with Gasteiger partial charge in [0.15, 0.2) is 21.3 Å². The monoisotopic (exact) mass is 526 g/mol. The topological polar surface area (TPSA) is 95.3 Å². The van der Waals surface area contributed by atoms with Gasteiger partial charge in [-0.3, -0.25) is 4.57 Å². The molecule has 2 unspecified atom stereocenters. The number of benzene rings is 1. The van der Waals surface area contributed by atoms with Crippen LogP contribution in [0, 0.1) is 0 Å². The average Bonchev–Trinajstić information content (AvgIpc) is 3.48. The van der Waals surface area contributed by atoms with E-state index in [9.17, 15) is 17.2 Å². The largest absolute Gasteiger partial charge is 0.381 e. The Hall–Kier alpha value is -2.34. The molecular formula is C23H25ClF2N4O4S. The van der Waals surface area contributed by atoms with Gasteiger partial charge in [0.1, 0.15) is 16.9 Å². The fourth-order valence-electron chi connectivity index (χ4n) is 4.66. The Labute approximate surface area is 206 Å². The number of sulfone groups is 1. The second kappa shape index (κ2) is 9.61. The van der Waals surface area contributed by atoms with E-state index < -0.39 is 28.3 Å². The van der Waals surface area contributed by atoms with E-state index in [4.69, 9.17) is 21.1 Å². The molecule has 1 N–H and O–H groups in total. The van der Waals surface area contributed by atoms with Crippen LogP contribution in [0.3, 0.4) is 0 Å². The van der Waals surface area contributed by atoms with Crippen molar-refractivity contribution in [3.05, 3.63) is 40.8 Å². The van der Waals surface area contributed by atoms with Crippen LogP contribution in [-0.2, 0) is 19.3 Å². The summed E-state index contributed by atoms with van der Waals surface area (Å²) in [6.45, 7) is 1.62. The van der Waals surface area contributed by atoms with Crippen molar-refractivity contribution in [3.8, 4) is 0 Å². The molecular weight excluding hydrogens is 502 g/mol. The fourth-order valence-corrected chi connectivity index (χ4v) is 5.71. The van der Waals surface area contributed by atoms with Gasteiger partial charge in [-0.2, -0.15) is 0 Å². The van der Waals surface area contributed by atoms with Gasteiger partial charge in [0.05, 0.1) is 22.9 Å². The third kappa shape index (κ3) is 4.87. The Morgan fingerprint density at radius 3 is 2.63 bits per heavy atom. The predicted octanol–water partition coefficient (Wildman–Crippen LogP) is 5.37. The number of fused-ring (bicyclic) bond motifs is 1. The lowest BCUT2D eigenvalue weighted by Gasteiger charge is -2.25. The molecule has 35 heavy (non-hydrogen) atoms. The first-order valence-corrected chi connectivity index (χ1v) is 13.7. The summed E-state index contributed by atoms with van der Waals surface area (Å²) >= 11 is 6.28. The Morgan fingerprint density at radius 2 is 1.97 bits per heavy atom. The van der Waals surface area contributed by atoms with Crippen LogP contribution >= 0.6 is 11.6 Å². The predicted molar refractivity (Wildman–Crippen MR) is 127 cm³/mol. The molecule has 2 fully saturated rings. The first kappa shape index (κ1) is 24.4. The van der Waals surface area contributed by atoms with Crippen LogP contribution in [0.25, 0.3) is 11.2 Å². The van der Waals surface area contributed by atoms with E-state index in [0.717, 1.165) is 31.1 Å². The summed E-state index contributed by atoms with van der Waals surface area (Å²) in [5.41, 5.74) is 1.75. The van der Waals surface area contributed by atoms with E-state index in [1.807, 2.05) is 6.07 Å². The number of ether oxygens (including phenoxy) is 2. The van der Waals surface area contributed by atoms with E-state index in [2.05, 4.69) is 15.3 Å². The van der Waals surface area contributed by atoms with Crippen LogP contribution in [0.2, 0.25) is 5.15 Å². The van der Waals surface area contributed by atoms with E-state index >= 15 is 0 Å². The van der Waals surface area contributed by atoms with Gasteiger partial charge in [-0.25, -0.2) is 27.2 Å². The Kier molecular flexibility index (Phi) is 6.69. The van der Waals surface area contributed by atoms with Crippen molar-refractivity contribution in [3.63, 3.8) is 0 Å². The zero-order valence-electron chi connectivity index (χ0n) is 19.0. The highest BCUT2D eigenvalue weighted by Crippen LogP contribution is 2.38. The minimum absolute atomic E-state index is 0.0541. The quantitative estimate of drug-likeness (QED) is 0.431. The number of imidazole rings is 1. The zero-order valence-corrected chi connectivity index (χ0v) is 20.6. The Balaban J connectivity index is 1.61. The molecule has 12 heteroatoms. The maximum atomic E-state index is 14.0. The molecule has 8 nitrogen and oxygen atoms in total. The number of halogens is 3. The third-order valence-electron chi connectivity index (χ3n) is 6.36. The number of nitrogens with zero attached hydrogens (tertiary/aromatic N) is 3. The molecule has 0 aliphatic carbocycles. The van der Waals surface area contributed by atoms with Crippen molar-refractivity contribution in [2.24, 2.45) is 0 Å². The lowest BCUT2D eigenvalue weighted by atomic mass is 9.98. The smallest absolute Gasteiger partial charge is 0.295 e. The number of anilines is 2. The molecule has 2 atom stereocenters. The normalized spacial score (nSPS) is 21.2. The van der Waals surface area contributed by atoms with Gasteiger partial charge in [-0.1, -0.05) is 17.7 Å². The summed E-state index contributed by atoms with van der Waals surface area (Å²) in [4.78, 5) is 8.54. The van der Waals surface area contributed by atoms with E-state index in [1.165, 1.54) is 10.6 Å². The number of nitrogens with one attached hydrogen (secondary N) is 1. The minimum atomic E-state index is -3.62. The number of alkyl halides is 2. The summed E-state index contributed by atoms with van der Waals surface area (Å²) < 4.78 is 65.7. The van der Waals surface area contributed by atoms with Crippen LogP contribution < -0.4 is 5.32 Å². The van der Waals surface area contributed by atoms with Gasteiger partial charge in [0.25, 0.3) is 6.43 Å². The summed E-state index contributed by atoms with van der Waals surface area (Å²) in [6.07, 6.45) is 0.680. The lowest BCUT2D eigenvalue weighted by molar-refractivity contribution is -0.0363. The van der Waals surface area contributed by atoms with E-state index in [1.54, 1.807) is 12.1 Å². The number of rotatable bonds is 6. The first-order valence-electron chi connectivity index (χ1n) is 11.4. The molecule has 4 heterocycles. The van der Waals surface area contributed by atoms with Crippen molar-refractivity contribution in [1.29, 1.82) is 0 Å². The van der Waals surface area contributed by atoms with Crippen LogP contribution in [-0.4, -0.2) is 49.0 Å². The van der Waals surface area contributed by atoms with Gasteiger partial charge < -0.3 is 14.8 Å². The van der Waals surface area contributed by atoms with Gasteiger partial charge in [-0.15, -0.1) is 0 Å². The zero-order chi connectivity index (χ0) is 24.7. The van der Waals surface area contributed by atoms with Crippen LogP contribution in [0.15, 0.2) is 29.2 Å². The molecule has 0 amide bonds. The summed E-state index contributed by atoms with van der Waals surface area (Å²) in [7, 11) is -3.62. The molecule has 0 spiro atoms. The van der Waals surface area contributed by atoms with Crippen LogP contribution in [0.1, 0.15) is 55.6 Å². The summed E-state index contributed by atoms with van der Waals surface area (Å²) in [5.74, 6) is -0.351. The van der Waals surface area contributed by atoms with Gasteiger partial charge in [0, 0.05) is 31.5 Å². The maximum absolute atomic E-state index is 14.0. The molecule has 5 rings (SSSR count). The van der Waals surface area contributed by atoms with Crippen LogP contribution in [0.5, 0.6) is 0 Å². The van der Waals surface area contributed by atoms with Crippen molar-refractivity contribution in [2.75, 3.05) is 31.4 Å². The Morgan fingerprint density at radius 1 is 1.14 bits per heavy atom. The van der Waals surface area contributed by atoms with Crippen molar-refractivity contribution in [2.45, 2.75) is 49.2 Å². The molecule has 2 saturated heterocycles. The van der Waals surface area contributed by atoms with Gasteiger partial charge in [0.2, 0.25) is 0 Å². The Bertz CT molecular complexity index is 1350. The highest BCUT2D eigenvalue weighted by Gasteiger charge is 2.29. The first-order chi connectivity index (χ1) is 16.7. The van der Waals surface area contributed by atoms with E-state index in [0.29, 0.717) is 31.9 Å². The number of pyridine rings is 1. The number of hydrogen-bond donors (Lipinski definition) is 1. The molecule has 0 bridgehead atoms. The molecule has 188 valence electrons. The van der Waals surface area contributed by atoms with Crippen molar-refractivity contribution < 1.29 is 26.7 Å². The van der Waals surface area contributed by atoms with Crippen LogP contribution in [0.4, 0.5) is 20.2 Å². The molecule has 3 aromatic rings. The van der Waals surface area contributed by atoms with E-state index in [-0.39, 0.29) is 32.8 Å². The van der Waals surface area contributed by atoms with Gasteiger partial charge >= 0.3 is 0 Å². The molecule has 2 aliphatic rings. The number of aromatic nitrogens is 3. The summed E-state index contributed by atoms with van der Waals surface area (Å²) in [5, 5.41) is 3.12. The molecule has 0 saturated carbocycles. The second-order valence-electron chi connectivity index (χ2n) is 8.84. The third-order valence-corrected chi connectivity index (χ3v) is 7.69. The maximum Gasteiger partial charge on any atom is 0.295 e. The average molecular weight is 527 g/mol. The minimum Gasteiger partial charge on any atom is -0.381 e. The molecule has 2 aliphatic heterocycles. The standard InChI is InChI=1S/C23H25ClF2N4O4S/c1-35(31,32)17-10-13(14-7-9-33-12-14)5-6-15(17)27-16-11-18(24)28-22-20(16)29-23(21(25)26)30(22)19-4-2-3-8-34-19/h5-6,10-11,14,19,21H,2-4,7-9,12H2,1H3,(H,27,28). The number of hydrogen-bond acceptors (Lipinski definition) is 7. The molecule has 2 aromatic heterocycles. The van der Waals surface area contributed by atoms with Gasteiger partial charge in [-0.05, 0) is 43.4 Å². The van der Waals surface area contributed by atoms with Crippen molar-refractivity contribution >= 4 is 44.0 Å². The molecule has 1 aromatic carbocycles. The van der Waals surface area contributed by atoms with Crippen molar-refractivity contribution in [1.82, 2.24) is 14.5 Å². The highest BCUT2D eigenvalue weighted by atomic mass is 35.5. The lowest BCUT2D eigenvalue weighted by Crippen LogP contribution is -2.20. The second-order valence-corrected chi connectivity index (χ2v) is 11.2. The fraction of sp³-hybridized carbons (Fsp3) is 0.478.